The van der Waals surface area contributed by atoms with E-state index in [1.165, 1.54) is 23.5 Å². The van der Waals surface area contributed by atoms with E-state index in [1.54, 1.807) is 30.3 Å². The van der Waals surface area contributed by atoms with Crippen LogP contribution in [-0.2, 0) is 10.0 Å². The number of nitrogens with zero attached hydrogens (tertiary/aromatic N) is 1. The van der Waals surface area contributed by atoms with Crippen molar-refractivity contribution in [3.8, 4) is 5.75 Å². The molecule has 1 N–H and O–H groups in total. The average molecular weight is 409 g/mol. The average Bonchev–Trinajstić information content (AvgIpc) is 3.22. The minimum absolute atomic E-state index is 0.0237. The fourth-order valence-corrected chi connectivity index (χ4v) is 4.79. The Hall–Kier alpha value is -2.09. The molecule has 0 aromatic heterocycles. The summed E-state index contributed by atoms with van der Waals surface area (Å²) in [6, 6.07) is 11.3. The quantitative estimate of drug-likeness (QED) is 0.710. The maximum atomic E-state index is 12.7. The fraction of sp³-hybridized carbons (Fsp3) is 0.316. The van der Waals surface area contributed by atoms with Gasteiger partial charge in [-0.05, 0) is 43.2 Å². The maximum absolute atomic E-state index is 12.7. The van der Waals surface area contributed by atoms with Crippen LogP contribution >= 0.6 is 11.6 Å². The van der Waals surface area contributed by atoms with Gasteiger partial charge >= 0.3 is 0 Å². The van der Waals surface area contributed by atoms with Crippen LogP contribution in [0.25, 0.3) is 0 Å². The van der Waals surface area contributed by atoms with Crippen LogP contribution in [0.1, 0.15) is 23.2 Å². The van der Waals surface area contributed by atoms with Crippen molar-refractivity contribution in [1.29, 1.82) is 0 Å². The molecule has 1 aliphatic heterocycles. The number of nitrogens with one attached hydrogen (secondary N) is 1. The van der Waals surface area contributed by atoms with E-state index < -0.39 is 10.0 Å². The van der Waals surface area contributed by atoms with E-state index in [0.29, 0.717) is 35.1 Å². The molecule has 8 heteroatoms. The zero-order valence-corrected chi connectivity index (χ0v) is 16.5. The SMILES string of the molecule is COc1ccc(NCC(=O)c2cccc(S(=O)(=O)N3CCCC3)c2)cc1Cl. The van der Waals surface area contributed by atoms with E-state index in [9.17, 15) is 13.2 Å². The first-order chi connectivity index (χ1) is 12.9. The molecule has 0 spiro atoms. The van der Waals surface area contributed by atoms with Gasteiger partial charge in [-0.1, -0.05) is 23.7 Å². The van der Waals surface area contributed by atoms with Gasteiger partial charge in [-0.25, -0.2) is 8.42 Å². The summed E-state index contributed by atoms with van der Waals surface area (Å²) in [6.45, 7) is 1.08. The van der Waals surface area contributed by atoms with E-state index in [2.05, 4.69) is 5.32 Å². The Bertz CT molecular complexity index is 940. The lowest BCUT2D eigenvalue weighted by Gasteiger charge is -2.16. The van der Waals surface area contributed by atoms with Crippen molar-refractivity contribution < 1.29 is 17.9 Å². The van der Waals surface area contributed by atoms with E-state index in [4.69, 9.17) is 16.3 Å². The Morgan fingerprint density at radius 2 is 1.93 bits per heavy atom. The highest BCUT2D eigenvalue weighted by Crippen LogP contribution is 2.27. The lowest BCUT2D eigenvalue weighted by atomic mass is 10.1. The largest absolute Gasteiger partial charge is 0.495 e. The minimum atomic E-state index is -3.55. The molecule has 0 unspecified atom stereocenters. The summed E-state index contributed by atoms with van der Waals surface area (Å²) in [6.07, 6.45) is 1.73. The topological polar surface area (TPSA) is 75.7 Å². The van der Waals surface area contributed by atoms with Gasteiger partial charge in [0.05, 0.1) is 23.6 Å². The number of hydrogen-bond acceptors (Lipinski definition) is 5. The zero-order chi connectivity index (χ0) is 19.4. The molecule has 3 rings (SSSR count). The predicted molar refractivity (Wildman–Crippen MR) is 105 cm³/mol. The number of ketones is 1. The third kappa shape index (κ3) is 4.43. The second kappa shape index (κ2) is 8.29. The lowest BCUT2D eigenvalue weighted by Crippen LogP contribution is -2.28. The number of methoxy groups -OCH3 is 1. The van der Waals surface area contributed by atoms with Crippen LogP contribution in [0.15, 0.2) is 47.4 Å². The highest BCUT2D eigenvalue weighted by atomic mass is 35.5. The normalized spacial score (nSPS) is 14.9. The number of halogens is 1. The zero-order valence-electron chi connectivity index (χ0n) is 14.9. The molecule has 2 aromatic rings. The van der Waals surface area contributed by atoms with Gasteiger partial charge in [0.2, 0.25) is 10.0 Å². The van der Waals surface area contributed by atoms with Crippen LogP contribution in [0, 0.1) is 0 Å². The van der Waals surface area contributed by atoms with Gasteiger partial charge in [-0.3, -0.25) is 4.79 Å². The summed E-state index contributed by atoms with van der Waals surface area (Å²) in [7, 11) is -2.02. The Labute approximate surface area is 164 Å². The Morgan fingerprint density at radius 1 is 1.19 bits per heavy atom. The van der Waals surface area contributed by atoms with Crippen molar-refractivity contribution in [3.05, 3.63) is 53.1 Å². The number of ether oxygens (including phenoxy) is 1. The standard InChI is InChI=1S/C19H21ClN2O4S/c1-26-19-8-7-15(12-17(19)20)21-13-18(23)14-5-4-6-16(11-14)27(24,25)22-9-2-3-10-22/h4-8,11-12,21H,2-3,9-10,13H2,1H3. The molecule has 1 aliphatic rings. The molecule has 0 amide bonds. The van der Waals surface area contributed by atoms with Gasteiger partial charge < -0.3 is 10.1 Å². The van der Waals surface area contributed by atoms with Gasteiger partial charge in [0.15, 0.2) is 5.78 Å². The van der Waals surface area contributed by atoms with Crippen LogP contribution < -0.4 is 10.1 Å². The van der Waals surface area contributed by atoms with Gasteiger partial charge in [0, 0.05) is 24.3 Å². The first-order valence-corrected chi connectivity index (χ1v) is 10.4. The van der Waals surface area contributed by atoms with Crippen molar-refractivity contribution in [1.82, 2.24) is 4.31 Å². The molecule has 1 saturated heterocycles. The second-order valence-corrected chi connectivity index (χ2v) is 8.61. The van der Waals surface area contributed by atoms with Gasteiger partial charge in [0.25, 0.3) is 0 Å². The molecule has 0 bridgehead atoms. The predicted octanol–water partition coefficient (Wildman–Crippen LogP) is 3.43. The van der Waals surface area contributed by atoms with Crippen LogP contribution in [0.4, 0.5) is 5.69 Å². The van der Waals surface area contributed by atoms with E-state index in [1.807, 2.05) is 0 Å². The van der Waals surface area contributed by atoms with Crippen molar-refractivity contribution in [2.24, 2.45) is 0 Å². The number of carbonyl (C=O) groups is 1. The third-order valence-electron chi connectivity index (χ3n) is 4.46. The van der Waals surface area contributed by atoms with Crippen LogP contribution in [0.3, 0.4) is 0 Å². The number of benzene rings is 2. The van der Waals surface area contributed by atoms with Gasteiger partial charge in [-0.2, -0.15) is 4.31 Å². The Kier molecular flexibility index (Phi) is 6.04. The highest BCUT2D eigenvalue weighted by Gasteiger charge is 2.27. The van der Waals surface area contributed by atoms with Crippen LogP contribution in [0.2, 0.25) is 5.02 Å². The molecule has 2 aromatic carbocycles. The minimum Gasteiger partial charge on any atom is -0.495 e. The molecule has 0 aliphatic carbocycles. The summed E-state index contributed by atoms with van der Waals surface area (Å²) in [5.74, 6) is 0.341. The van der Waals surface area contributed by atoms with Crippen molar-refractivity contribution in [3.63, 3.8) is 0 Å². The summed E-state index contributed by atoms with van der Waals surface area (Å²) < 4.78 is 31.9. The Morgan fingerprint density at radius 3 is 2.59 bits per heavy atom. The number of anilines is 1. The fourth-order valence-electron chi connectivity index (χ4n) is 2.97. The summed E-state index contributed by atoms with van der Waals surface area (Å²) in [5.41, 5.74) is 1.03. The lowest BCUT2D eigenvalue weighted by molar-refractivity contribution is 0.101. The van der Waals surface area contributed by atoms with E-state index in [0.717, 1.165) is 12.8 Å². The maximum Gasteiger partial charge on any atom is 0.243 e. The van der Waals surface area contributed by atoms with Gasteiger partial charge in [-0.15, -0.1) is 0 Å². The first-order valence-electron chi connectivity index (χ1n) is 8.62. The number of hydrogen-bond donors (Lipinski definition) is 1. The van der Waals surface area contributed by atoms with E-state index in [-0.39, 0.29) is 17.2 Å². The van der Waals surface area contributed by atoms with Gasteiger partial charge in [0.1, 0.15) is 5.75 Å². The van der Waals surface area contributed by atoms with Crippen molar-refractivity contribution in [2.45, 2.75) is 17.7 Å². The van der Waals surface area contributed by atoms with E-state index >= 15 is 0 Å². The molecule has 1 fully saturated rings. The molecule has 27 heavy (non-hydrogen) atoms. The molecule has 0 saturated carbocycles. The second-order valence-electron chi connectivity index (χ2n) is 6.27. The summed E-state index contributed by atoms with van der Waals surface area (Å²) in [4.78, 5) is 12.7. The van der Waals surface area contributed by atoms with Crippen molar-refractivity contribution >= 4 is 33.1 Å². The van der Waals surface area contributed by atoms with Crippen LogP contribution in [-0.4, -0.2) is 45.3 Å². The molecular weight excluding hydrogens is 388 g/mol. The number of Topliss-reactive ketones (excluding diaryl/α,β-unsaturated/α-hetero) is 1. The molecule has 144 valence electrons. The highest BCUT2D eigenvalue weighted by molar-refractivity contribution is 7.89. The smallest absolute Gasteiger partial charge is 0.243 e. The molecule has 1 heterocycles. The summed E-state index contributed by atoms with van der Waals surface area (Å²) >= 11 is 6.07. The molecule has 6 nitrogen and oxygen atoms in total. The summed E-state index contributed by atoms with van der Waals surface area (Å²) in [5, 5.41) is 3.44. The Balaban J connectivity index is 1.71. The number of carbonyl (C=O) groups excluding carboxylic acids is 1. The third-order valence-corrected chi connectivity index (χ3v) is 6.65. The van der Waals surface area contributed by atoms with Crippen molar-refractivity contribution in [2.75, 3.05) is 32.1 Å². The van der Waals surface area contributed by atoms with Crippen LogP contribution in [0.5, 0.6) is 5.75 Å². The molecular formula is C19H21ClN2O4S. The molecule has 0 atom stereocenters. The number of sulfonamides is 1. The monoisotopic (exact) mass is 408 g/mol. The number of rotatable bonds is 7. The molecule has 0 radical (unpaired) electrons. The first kappa shape index (κ1) is 19.7.